The number of nitrogens with zero attached hydrogens (tertiary/aromatic N) is 2. The van der Waals surface area contributed by atoms with Crippen molar-refractivity contribution in [3.8, 4) is 0 Å². The van der Waals surface area contributed by atoms with Crippen molar-refractivity contribution in [2.24, 2.45) is 0 Å². The van der Waals surface area contributed by atoms with E-state index in [0.717, 1.165) is 38.1 Å². The summed E-state index contributed by atoms with van der Waals surface area (Å²) in [6.45, 7) is 3.78. The Labute approximate surface area is 152 Å². The van der Waals surface area contributed by atoms with E-state index in [1.54, 1.807) is 0 Å². The maximum absolute atomic E-state index is 11.7. The molecule has 1 aromatic heterocycles. The molecule has 2 aromatic rings. The molecule has 1 unspecified atom stereocenters. The Morgan fingerprint density at radius 1 is 1.19 bits per heavy atom. The Morgan fingerprint density at radius 3 is 2.92 bits per heavy atom. The second kappa shape index (κ2) is 7.47. The third-order valence-corrected chi connectivity index (χ3v) is 5.24. The lowest BCUT2D eigenvalue weighted by atomic mass is 10.0. The molecule has 0 spiro atoms. The molecule has 2 fully saturated rings. The molecule has 7 nitrogen and oxygen atoms in total. The number of aromatic nitrogens is 1. The molecule has 138 valence electrons. The monoisotopic (exact) mass is 356 g/mol. The van der Waals surface area contributed by atoms with Gasteiger partial charge < -0.3 is 15.0 Å². The highest BCUT2D eigenvalue weighted by atomic mass is 16.5. The fourth-order valence-electron chi connectivity index (χ4n) is 3.84. The van der Waals surface area contributed by atoms with Crippen molar-refractivity contribution in [3.05, 3.63) is 36.0 Å². The number of para-hydroxylation sites is 1. The Balaban J connectivity index is 1.37. The van der Waals surface area contributed by atoms with Crippen molar-refractivity contribution in [1.29, 1.82) is 0 Å². The van der Waals surface area contributed by atoms with Crippen LogP contribution in [0.3, 0.4) is 0 Å². The van der Waals surface area contributed by atoms with Crippen LogP contribution in [0.2, 0.25) is 0 Å². The smallest absolute Gasteiger partial charge is 0.324 e. The molecule has 2 aliphatic heterocycles. The van der Waals surface area contributed by atoms with Gasteiger partial charge in [0.25, 0.3) is 0 Å². The average molecular weight is 356 g/mol. The summed E-state index contributed by atoms with van der Waals surface area (Å²) in [5.74, 6) is -0.132. The van der Waals surface area contributed by atoms with Crippen LogP contribution in [0.5, 0.6) is 0 Å². The predicted molar refractivity (Wildman–Crippen MR) is 97.9 cm³/mol. The van der Waals surface area contributed by atoms with Gasteiger partial charge in [0.05, 0.1) is 19.8 Å². The van der Waals surface area contributed by atoms with Crippen LogP contribution in [-0.2, 0) is 16.0 Å². The van der Waals surface area contributed by atoms with Gasteiger partial charge in [-0.2, -0.15) is 0 Å². The number of hydrogen-bond donors (Lipinski definition) is 2. The van der Waals surface area contributed by atoms with E-state index in [9.17, 15) is 9.59 Å². The molecule has 1 aromatic carbocycles. The molecular formula is C19H24N4O3. The molecule has 26 heavy (non-hydrogen) atoms. The first kappa shape index (κ1) is 17.1. The number of amides is 3. The third kappa shape index (κ3) is 3.45. The van der Waals surface area contributed by atoms with E-state index in [4.69, 9.17) is 4.74 Å². The molecule has 2 N–H and O–H groups in total. The number of ether oxygens (including phenoxy) is 1. The van der Waals surface area contributed by atoms with Crippen molar-refractivity contribution in [2.75, 3.05) is 39.4 Å². The maximum Gasteiger partial charge on any atom is 0.324 e. The number of H-pyrrole nitrogens is 1. The van der Waals surface area contributed by atoms with Crippen LogP contribution in [0, 0.1) is 0 Å². The summed E-state index contributed by atoms with van der Waals surface area (Å²) >= 11 is 0. The summed E-state index contributed by atoms with van der Waals surface area (Å²) in [5, 5.41) is 3.83. The van der Waals surface area contributed by atoms with Crippen LogP contribution < -0.4 is 5.32 Å². The van der Waals surface area contributed by atoms with Crippen LogP contribution >= 0.6 is 0 Å². The first-order chi connectivity index (χ1) is 12.7. The number of carbonyl (C=O) groups excluding carboxylic acids is 2. The van der Waals surface area contributed by atoms with E-state index in [-0.39, 0.29) is 18.5 Å². The van der Waals surface area contributed by atoms with Gasteiger partial charge in [0, 0.05) is 42.8 Å². The van der Waals surface area contributed by atoms with Gasteiger partial charge in [-0.05, 0) is 24.5 Å². The van der Waals surface area contributed by atoms with Crippen molar-refractivity contribution < 1.29 is 14.3 Å². The number of urea groups is 1. The lowest BCUT2D eigenvalue weighted by Gasteiger charge is -2.35. The highest BCUT2D eigenvalue weighted by molar-refractivity contribution is 6.01. The molecule has 2 aliphatic rings. The number of imide groups is 1. The normalized spacial score (nSPS) is 21.5. The Hall–Kier alpha value is -2.38. The van der Waals surface area contributed by atoms with E-state index in [0.29, 0.717) is 19.2 Å². The van der Waals surface area contributed by atoms with Gasteiger partial charge in [-0.25, -0.2) is 4.79 Å². The average Bonchev–Trinajstić information content (AvgIpc) is 3.21. The van der Waals surface area contributed by atoms with Gasteiger partial charge in [0.15, 0.2) is 0 Å². The number of fused-ring (bicyclic) bond motifs is 1. The third-order valence-electron chi connectivity index (χ3n) is 5.24. The SMILES string of the molecule is O=C1CNC(=O)N1CCCN1CCOCC1Cc1c[nH]c2ccccc12. The van der Waals surface area contributed by atoms with E-state index in [2.05, 4.69) is 39.6 Å². The number of morpholine rings is 1. The fraction of sp³-hybridized carbons (Fsp3) is 0.474. The first-order valence-corrected chi connectivity index (χ1v) is 9.17. The van der Waals surface area contributed by atoms with Gasteiger partial charge in [-0.1, -0.05) is 18.2 Å². The summed E-state index contributed by atoms with van der Waals surface area (Å²) in [5.41, 5.74) is 2.46. The maximum atomic E-state index is 11.7. The van der Waals surface area contributed by atoms with Crippen LogP contribution in [0.1, 0.15) is 12.0 Å². The highest BCUT2D eigenvalue weighted by Crippen LogP contribution is 2.22. The zero-order chi connectivity index (χ0) is 17.9. The molecule has 0 radical (unpaired) electrons. The second-order valence-electron chi connectivity index (χ2n) is 6.89. The predicted octanol–water partition coefficient (Wildman–Crippen LogP) is 1.35. The minimum absolute atomic E-state index is 0.125. The number of nitrogens with one attached hydrogen (secondary N) is 2. The lowest BCUT2D eigenvalue weighted by Crippen LogP contribution is -2.47. The summed E-state index contributed by atoms with van der Waals surface area (Å²) in [7, 11) is 0. The molecule has 0 aliphatic carbocycles. The van der Waals surface area contributed by atoms with Gasteiger partial charge in [-0.15, -0.1) is 0 Å². The van der Waals surface area contributed by atoms with Crippen LogP contribution in [0.25, 0.3) is 10.9 Å². The minimum atomic E-state index is -0.271. The fourth-order valence-corrected chi connectivity index (χ4v) is 3.84. The standard InChI is InChI=1S/C19H24N4O3/c24-18-12-21-19(25)23(18)7-3-6-22-8-9-26-13-15(22)10-14-11-20-17-5-2-1-4-16(14)17/h1-2,4-5,11,15,20H,3,6-10,12-13H2,(H,21,25). The Bertz CT molecular complexity index is 787. The van der Waals surface area contributed by atoms with E-state index < -0.39 is 0 Å². The van der Waals surface area contributed by atoms with E-state index >= 15 is 0 Å². The van der Waals surface area contributed by atoms with Crippen molar-refractivity contribution in [3.63, 3.8) is 0 Å². The summed E-state index contributed by atoms with van der Waals surface area (Å²) in [4.78, 5) is 30.4. The van der Waals surface area contributed by atoms with Gasteiger partial charge in [-0.3, -0.25) is 14.6 Å². The van der Waals surface area contributed by atoms with Gasteiger partial charge in [0.2, 0.25) is 5.91 Å². The minimum Gasteiger partial charge on any atom is -0.378 e. The molecule has 3 heterocycles. The topological polar surface area (TPSA) is 77.7 Å². The molecule has 2 saturated heterocycles. The van der Waals surface area contributed by atoms with Crippen LogP contribution in [0.4, 0.5) is 4.79 Å². The first-order valence-electron chi connectivity index (χ1n) is 9.17. The summed E-state index contributed by atoms with van der Waals surface area (Å²) in [6, 6.07) is 8.37. The van der Waals surface area contributed by atoms with E-state index in [1.165, 1.54) is 15.8 Å². The van der Waals surface area contributed by atoms with Gasteiger partial charge >= 0.3 is 6.03 Å². The quantitative estimate of drug-likeness (QED) is 0.766. The molecule has 4 rings (SSSR count). The number of aromatic amines is 1. The zero-order valence-electron chi connectivity index (χ0n) is 14.7. The molecule has 0 bridgehead atoms. The Morgan fingerprint density at radius 2 is 2.08 bits per heavy atom. The highest BCUT2D eigenvalue weighted by Gasteiger charge is 2.29. The van der Waals surface area contributed by atoms with E-state index in [1.807, 2.05) is 6.07 Å². The molecule has 1 atom stereocenters. The Kier molecular flexibility index (Phi) is 4.90. The van der Waals surface area contributed by atoms with Gasteiger partial charge in [0.1, 0.15) is 0 Å². The lowest BCUT2D eigenvalue weighted by molar-refractivity contribution is -0.125. The number of rotatable bonds is 6. The number of carbonyl (C=O) groups is 2. The summed E-state index contributed by atoms with van der Waals surface area (Å²) in [6.07, 6.45) is 3.79. The molecule has 3 amide bonds. The second-order valence-corrected chi connectivity index (χ2v) is 6.89. The molecule has 7 heteroatoms. The van der Waals surface area contributed by atoms with Crippen molar-refractivity contribution in [2.45, 2.75) is 18.9 Å². The molecular weight excluding hydrogens is 332 g/mol. The summed E-state index contributed by atoms with van der Waals surface area (Å²) < 4.78 is 5.71. The number of hydrogen-bond acceptors (Lipinski definition) is 4. The number of benzene rings is 1. The zero-order valence-corrected chi connectivity index (χ0v) is 14.7. The van der Waals surface area contributed by atoms with Crippen molar-refractivity contribution in [1.82, 2.24) is 20.1 Å². The molecule has 0 saturated carbocycles. The largest absolute Gasteiger partial charge is 0.378 e. The van der Waals surface area contributed by atoms with Crippen LogP contribution in [0.15, 0.2) is 30.5 Å². The van der Waals surface area contributed by atoms with Crippen molar-refractivity contribution >= 4 is 22.8 Å². The van der Waals surface area contributed by atoms with Crippen LogP contribution in [-0.4, -0.2) is 72.2 Å².